The zero-order valence-corrected chi connectivity index (χ0v) is 13.6. The highest BCUT2D eigenvalue weighted by Gasteiger charge is 2.28. The summed E-state index contributed by atoms with van der Waals surface area (Å²) in [5.74, 6) is -2.17. The van der Waals surface area contributed by atoms with E-state index in [1.165, 1.54) is 12.3 Å². The topological polar surface area (TPSA) is 94.6 Å². The standard InChI is InChI=1S/C16H20F2N2O4/c1-16(2,3)24-15(23)20-11(7-21)14(22)9-6-10(17)12(18)8-4-5-19-13(8)9/h4-6,11,14,19,21-22H,7H2,1-3H3,(H,20,23)/t11-,14?/m0/s1. The van der Waals surface area contributed by atoms with Gasteiger partial charge in [0.05, 0.1) is 18.2 Å². The molecule has 2 atom stereocenters. The van der Waals surface area contributed by atoms with E-state index < -0.39 is 42.1 Å². The highest BCUT2D eigenvalue weighted by molar-refractivity contribution is 5.84. The molecule has 132 valence electrons. The lowest BCUT2D eigenvalue weighted by Gasteiger charge is -2.26. The number of hydrogen-bond donors (Lipinski definition) is 4. The van der Waals surface area contributed by atoms with Crippen LogP contribution in [0.15, 0.2) is 18.3 Å². The first kappa shape index (κ1) is 18.2. The van der Waals surface area contributed by atoms with Crippen LogP contribution >= 0.6 is 0 Å². The Morgan fingerprint density at radius 2 is 2.08 bits per heavy atom. The zero-order chi connectivity index (χ0) is 18.1. The minimum Gasteiger partial charge on any atom is -0.444 e. The van der Waals surface area contributed by atoms with Crippen molar-refractivity contribution in [2.24, 2.45) is 0 Å². The number of hydrogen-bond acceptors (Lipinski definition) is 4. The fourth-order valence-electron chi connectivity index (χ4n) is 2.33. The van der Waals surface area contributed by atoms with E-state index in [2.05, 4.69) is 10.3 Å². The smallest absolute Gasteiger partial charge is 0.408 e. The summed E-state index contributed by atoms with van der Waals surface area (Å²) in [6.07, 6.45) is -0.914. The van der Waals surface area contributed by atoms with E-state index >= 15 is 0 Å². The first-order valence-corrected chi connectivity index (χ1v) is 7.37. The van der Waals surface area contributed by atoms with Crippen LogP contribution in [0.5, 0.6) is 0 Å². The van der Waals surface area contributed by atoms with E-state index in [0.717, 1.165) is 6.07 Å². The zero-order valence-electron chi connectivity index (χ0n) is 13.6. The molecular formula is C16H20F2N2O4. The maximum atomic E-state index is 13.7. The Morgan fingerprint density at radius 3 is 2.67 bits per heavy atom. The first-order valence-electron chi connectivity index (χ1n) is 7.37. The van der Waals surface area contributed by atoms with E-state index in [-0.39, 0.29) is 16.5 Å². The SMILES string of the molecule is CC(C)(C)OC(=O)N[C@@H](CO)C(O)c1cc(F)c(F)c2cc[nH]c12. The van der Waals surface area contributed by atoms with Crippen molar-refractivity contribution >= 4 is 17.0 Å². The molecule has 0 radical (unpaired) electrons. The maximum absolute atomic E-state index is 13.7. The molecule has 0 spiro atoms. The number of aromatic amines is 1. The van der Waals surface area contributed by atoms with Crippen LogP contribution in [0, 0.1) is 11.6 Å². The molecule has 0 saturated heterocycles. The number of H-pyrrole nitrogens is 1. The molecular weight excluding hydrogens is 322 g/mol. The van der Waals surface area contributed by atoms with Gasteiger partial charge in [-0.25, -0.2) is 13.6 Å². The van der Waals surface area contributed by atoms with Gasteiger partial charge in [0.15, 0.2) is 11.6 Å². The summed E-state index contributed by atoms with van der Waals surface area (Å²) in [5.41, 5.74) is -0.557. The average Bonchev–Trinajstić information content (AvgIpc) is 2.95. The molecule has 1 aromatic heterocycles. The molecule has 0 aliphatic heterocycles. The van der Waals surface area contributed by atoms with Crippen LogP contribution in [-0.4, -0.2) is 39.5 Å². The van der Waals surface area contributed by atoms with Crippen LogP contribution in [-0.2, 0) is 4.74 Å². The summed E-state index contributed by atoms with van der Waals surface area (Å²) in [6, 6.07) is 1.01. The third kappa shape index (κ3) is 3.82. The molecule has 8 heteroatoms. The molecule has 24 heavy (non-hydrogen) atoms. The summed E-state index contributed by atoms with van der Waals surface area (Å²) < 4.78 is 32.5. The number of fused-ring (bicyclic) bond motifs is 1. The van der Waals surface area contributed by atoms with Gasteiger partial charge < -0.3 is 25.3 Å². The van der Waals surface area contributed by atoms with Crippen molar-refractivity contribution in [1.29, 1.82) is 0 Å². The van der Waals surface area contributed by atoms with E-state index in [1.54, 1.807) is 20.8 Å². The highest BCUT2D eigenvalue weighted by atomic mass is 19.2. The Labute approximate surface area is 137 Å². The fraction of sp³-hybridized carbons (Fsp3) is 0.438. The highest BCUT2D eigenvalue weighted by Crippen LogP contribution is 2.29. The molecule has 1 unspecified atom stereocenters. The predicted molar refractivity (Wildman–Crippen MR) is 83.4 cm³/mol. The lowest BCUT2D eigenvalue weighted by atomic mass is 10.00. The largest absolute Gasteiger partial charge is 0.444 e. The van der Waals surface area contributed by atoms with Gasteiger partial charge >= 0.3 is 6.09 Å². The van der Waals surface area contributed by atoms with Crippen molar-refractivity contribution in [3.8, 4) is 0 Å². The lowest BCUT2D eigenvalue weighted by Crippen LogP contribution is -2.44. The Kier molecular flexibility index (Phi) is 5.10. The van der Waals surface area contributed by atoms with Crippen molar-refractivity contribution in [3.05, 3.63) is 35.5 Å². The van der Waals surface area contributed by atoms with E-state index in [9.17, 15) is 23.8 Å². The van der Waals surface area contributed by atoms with Gasteiger partial charge in [0, 0.05) is 17.1 Å². The average molecular weight is 342 g/mol. The normalized spacial score (nSPS) is 14.5. The van der Waals surface area contributed by atoms with Gasteiger partial charge in [-0.05, 0) is 32.9 Å². The second-order valence-electron chi connectivity index (χ2n) is 6.41. The molecule has 1 amide bonds. The number of amides is 1. The second kappa shape index (κ2) is 6.74. The number of aliphatic hydroxyl groups excluding tert-OH is 2. The van der Waals surface area contributed by atoms with Gasteiger partial charge in [-0.1, -0.05) is 0 Å². The van der Waals surface area contributed by atoms with Gasteiger partial charge in [-0.3, -0.25) is 0 Å². The number of ether oxygens (including phenoxy) is 1. The number of alkyl carbamates (subject to hydrolysis) is 1. The monoisotopic (exact) mass is 342 g/mol. The van der Waals surface area contributed by atoms with Gasteiger partial charge in [0.25, 0.3) is 0 Å². The maximum Gasteiger partial charge on any atom is 0.408 e. The number of carbonyl (C=O) groups is 1. The Hall–Kier alpha value is -2.19. The molecule has 1 aromatic carbocycles. The number of carbonyl (C=O) groups excluding carboxylic acids is 1. The summed E-state index contributed by atoms with van der Waals surface area (Å²) in [6.45, 7) is 4.36. The summed E-state index contributed by atoms with van der Waals surface area (Å²) in [7, 11) is 0. The number of rotatable bonds is 4. The summed E-state index contributed by atoms with van der Waals surface area (Å²) in [5, 5.41) is 22.2. The molecule has 0 aliphatic rings. The molecule has 0 bridgehead atoms. The van der Waals surface area contributed by atoms with E-state index in [4.69, 9.17) is 4.74 Å². The lowest BCUT2D eigenvalue weighted by molar-refractivity contribution is 0.0351. The summed E-state index contributed by atoms with van der Waals surface area (Å²) in [4.78, 5) is 14.5. The van der Waals surface area contributed by atoms with Crippen molar-refractivity contribution in [2.45, 2.75) is 38.5 Å². The van der Waals surface area contributed by atoms with Crippen LogP contribution in [0.4, 0.5) is 13.6 Å². The van der Waals surface area contributed by atoms with Crippen LogP contribution < -0.4 is 5.32 Å². The predicted octanol–water partition coefficient (Wildman–Crippen LogP) is 2.37. The van der Waals surface area contributed by atoms with Gasteiger partial charge in [-0.2, -0.15) is 0 Å². The minimum absolute atomic E-state index is 0.0176. The Bertz CT molecular complexity index is 739. The third-order valence-corrected chi connectivity index (χ3v) is 3.36. The number of aliphatic hydroxyl groups is 2. The van der Waals surface area contributed by atoms with Gasteiger partial charge in [0.1, 0.15) is 11.7 Å². The van der Waals surface area contributed by atoms with E-state index in [1.807, 2.05) is 0 Å². The van der Waals surface area contributed by atoms with Crippen molar-refractivity contribution in [1.82, 2.24) is 10.3 Å². The number of nitrogens with one attached hydrogen (secondary N) is 2. The van der Waals surface area contributed by atoms with Crippen LogP contribution in [0.25, 0.3) is 10.9 Å². The fourth-order valence-corrected chi connectivity index (χ4v) is 2.33. The number of benzene rings is 1. The molecule has 2 rings (SSSR count). The Morgan fingerprint density at radius 1 is 1.42 bits per heavy atom. The first-order chi connectivity index (χ1) is 11.1. The van der Waals surface area contributed by atoms with Gasteiger partial charge in [0.2, 0.25) is 0 Å². The molecule has 0 saturated carbocycles. The van der Waals surface area contributed by atoms with Crippen molar-refractivity contribution in [2.75, 3.05) is 6.61 Å². The van der Waals surface area contributed by atoms with Crippen LogP contribution in [0.1, 0.15) is 32.4 Å². The van der Waals surface area contributed by atoms with E-state index in [0.29, 0.717) is 0 Å². The van der Waals surface area contributed by atoms with Crippen LogP contribution in [0.2, 0.25) is 0 Å². The molecule has 0 aliphatic carbocycles. The minimum atomic E-state index is -1.47. The third-order valence-electron chi connectivity index (χ3n) is 3.36. The molecule has 1 heterocycles. The molecule has 0 fully saturated rings. The van der Waals surface area contributed by atoms with Crippen molar-refractivity contribution < 1.29 is 28.5 Å². The second-order valence-corrected chi connectivity index (χ2v) is 6.41. The molecule has 6 nitrogen and oxygen atoms in total. The molecule has 2 aromatic rings. The quantitative estimate of drug-likeness (QED) is 0.686. The Balaban J connectivity index is 2.29. The number of aromatic nitrogens is 1. The summed E-state index contributed by atoms with van der Waals surface area (Å²) >= 11 is 0. The van der Waals surface area contributed by atoms with Crippen LogP contribution in [0.3, 0.4) is 0 Å². The number of halogens is 2. The van der Waals surface area contributed by atoms with Gasteiger partial charge in [-0.15, -0.1) is 0 Å². The van der Waals surface area contributed by atoms with Crippen molar-refractivity contribution in [3.63, 3.8) is 0 Å². The molecule has 4 N–H and O–H groups in total.